The summed E-state index contributed by atoms with van der Waals surface area (Å²) in [7, 11) is 0. The SMILES string of the molecule is CC1(C)S/C(=C\c2ccc(Cl)cc2)C(=O)/C(=C\c2ccc(Cl)cc2)S1. The highest BCUT2D eigenvalue weighted by molar-refractivity contribution is 8.23. The Kier molecular flexibility index (Phi) is 5.69. The van der Waals surface area contributed by atoms with Gasteiger partial charge in [0.15, 0.2) is 0 Å². The van der Waals surface area contributed by atoms with E-state index in [4.69, 9.17) is 23.2 Å². The minimum Gasteiger partial charge on any atom is -0.287 e. The lowest BCUT2D eigenvalue weighted by Crippen LogP contribution is -2.20. The molecule has 2 aromatic carbocycles. The molecule has 0 N–H and O–H groups in total. The van der Waals surface area contributed by atoms with E-state index in [0.717, 1.165) is 20.9 Å². The molecule has 0 unspecified atom stereocenters. The van der Waals surface area contributed by atoms with E-state index in [2.05, 4.69) is 13.8 Å². The summed E-state index contributed by atoms with van der Waals surface area (Å²) in [6.07, 6.45) is 3.86. The third kappa shape index (κ3) is 4.95. The van der Waals surface area contributed by atoms with Crippen molar-refractivity contribution in [3.8, 4) is 0 Å². The van der Waals surface area contributed by atoms with Crippen LogP contribution in [0.15, 0.2) is 58.3 Å². The molecule has 1 saturated heterocycles. The normalized spacial score (nSPS) is 20.2. The van der Waals surface area contributed by atoms with Gasteiger partial charge in [0.25, 0.3) is 0 Å². The van der Waals surface area contributed by atoms with Gasteiger partial charge in [-0.15, -0.1) is 23.5 Å². The van der Waals surface area contributed by atoms with Gasteiger partial charge in [0.1, 0.15) is 0 Å². The van der Waals surface area contributed by atoms with Crippen molar-refractivity contribution in [1.29, 1.82) is 0 Å². The lowest BCUT2D eigenvalue weighted by Gasteiger charge is -2.30. The van der Waals surface area contributed by atoms with Crippen molar-refractivity contribution in [2.45, 2.75) is 17.9 Å². The summed E-state index contributed by atoms with van der Waals surface area (Å²) in [4.78, 5) is 14.4. The molecule has 0 radical (unpaired) electrons. The van der Waals surface area contributed by atoms with Gasteiger partial charge in [-0.3, -0.25) is 4.79 Å². The summed E-state index contributed by atoms with van der Waals surface area (Å²) >= 11 is 15.1. The zero-order valence-electron chi connectivity index (χ0n) is 13.8. The molecule has 5 heteroatoms. The van der Waals surface area contributed by atoms with Crippen LogP contribution in [0, 0.1) is 0 Å². The zero-order valence-corrected chi connectivity index (χ0v) is 16.9. The lowest BCUT2D eigenvalue weighted by molar-refractivity contribution is -0.110. The van der Waals surface area contributed by atoms with Crippen LogP contribution in [0.2, 0.25) is 10.0 Å². The van der Waals surface area contributed by atoms with Crippen LogP contribution in [0.25, 0.3) is 12.2 Å². The highest BCUT2D eigenvalue weighted by Gasteiger charge is 2.34. The Labute approximate surface area is 166 Å². The second-order valence-corrected chi connectivity index (χ2v) is 10.5. The average Bonchev–Trinajstić information content (AvgIpc) is 2.55. The number of ketones is 1. The fourth-order valence-electron chi connectivity index (χ4n) is 2.38. The molecule has 1 heterocycles. The van der Waals surface area contributed by atoms with Crippen molar-refractivity contribution >= 4 is 64.7 Å². The molecule has 1 nitrogen and oxygen atoms in total. The summed E-state index contributed by atoms with van der Waals surface area (Å²) < 4.78 is -0.121. The maximum absolute atomic E-state index is 12.9. The average molecular weight is 407 g/mol. The van der Waals surface area contributed by atoms with Crippen molar-refractivity contribution in [1.82, 2.24) is 0 Å². The van der Waals surface area contributed by atoms with Crippen LogP contribution in [0.4, 0.5) is 0 Å². The highest BCUT2D eigenvalue weighted by Crippen LogP contribution is 2.51. The maximum Gasteiger partial charge on any atom is 0.205 e. The van der Waals surface area contributed by atoms with E-state index in [1.165, 1.54) is 0 Å². The minimum absolute atomic E-state index is 0.0548. The summed E-state index contributed by atoms with van der Waals surface area (Å²) in [6.45, 7) is 4.25. The number of halogens is 2. The molecular weight excluding hydrogens is 391 g/mol. The third-order valence-electron chi connectivity index (χ3n) is 3.49. The zero-order chi connectivity index (χ0) is 18.0. The number of carbonyl (C=O) groups excluding carboxylic acids is 1. The first kappa shape index (κ1) is 18.7. The molecule has 1 fully saturated rings. The summed E-state index contributed by atoms with van der Waals surface area (Å²) in [6, 6.07) is 15.0. The van der Waals surface area contributed by atoms with Gasteiger partial charge in [0.05, 0.1) is 13.9 Å². The predicted molar refractivity (Wildman–Crippen MR) is 113 cm³/mol. The fraction of sp³-hybridized carbons (Fsp3) is 0.150. The van der Waals surface area contributed by atoms with E-state index >= 15 is 0 Å². The van der Waals surface area contributed by atoms with Crippen LogP contribution in [0.3, 0.4) is 0 Å². The molecule has 1 aliphatic heterocycles. The quantitative estimate of drug-likeness (QED) is 0.492. The van der Waals surface area contributed by atoms with Crippen LogP contribution in [0.5, 0.6) is 0 Å². The minimum atomic E-state index is -0.121. The van der Waals surface area contributed by atoms with E-state index in [1.54, 1.807) is 23.5 Å². The molecule has 0 amide bonds. The Morgan fingerprint density at radius 3 is 1.48 bits per heavy atom. The van der Waals surface area contributed by atoms with Crippen LogP contribution in [-0.4, -0.2) is 9.86 Å². The van der Waals surface area contributed by atoms with Gasteiger partial charge in [0, 0.05) is 10.0 Å². The molecule has 2 aromatic rings. The summed E-state index contributed by atoms with van der Waals surface area (Å²) in [5.74, 6) is 0.0548. The lowest BCUT2D eigenvalue weighted by atomic mass is 10.1. The van der Waals surface area contributed by atoms with Crippen LogP contribution < -0.4 is 0 Å². The molecule has 25 heavy (non-hydrogen) atoms. The fourth-order valence-corrected chi connectivity index (χ4v) is 5.25. The number of carbonyl (C=O) groups is 1. The van der Waals surface area contributed by atoms with Gasteiger partial charge in [-0.1, -0.05) is 47.5 Å². The molecule has 0 spiro atoms. The predicted octanol–water partition coefficient (Wildman–Crippen LogP) is 7.16. The van der Waals surface area contributed by atoms with E-state index in [9.17, 15) is 4.79 Å². The Bertz CT molecular complexity index is 781. The van der Waals surface area contributed by atoms with Gasteiger partial charge in [-0.2, -0.15) is 0 Å². The van der Waals surface area contributed by atoms with Crippen LogP contribution in [0.1, 0.15) is 25.0 Å². The van der Waals surface area contributed by atoms with Crippen molar-refractivity contribution in [2.24, 2.45) is 0 Å². The first-order chi connectivity index (χ1) is 11.8. The Morgan fingerprint density at radius 2 is 1.12 bits per heavy atom. The molecule has 0 bridgehead atoms. The number of hydrogen-bond acceptors (Lipinski definition) is 3. The molecule has 1 aliphatic rings. The largest absolute Gasteiger partial charge is 0.287 e. The number of thioether (sulfide) groups is 2. The molecule has 3 rings (SSSR count). The van der Waals surface area contributed by atoms with E-state index in [1.807, 2.05) is 60.7 Å². The van der Waals surface area contributed by atoms with E-state index in [-0.39, 0.29) is 9.86 Å². The molecule has 0 aromatic heterocycles. The molecule has 128 valence electrons. The van der Waals surface area contributed by atoms with Crippen LogP contribution in [-0.2, 0) is 4.79 Å². The number of allylic oxidation sites excluding steroid dienone is 2. The first-order valence-electron chi connectivity index (χ1n) is 7.70. The summed E-state index contributed by atoms with van der Waals surface area (Å²) in [5.41, 5.74) is 1.93. The monoisotopic (exact) mass is 406 g/mol. The number of rotatable bonds is 2. The first-order valence-corrected chi connectivity index (χ1v) is 10.1. The number of benzene rings is 2. The molecular formula is C20H16Cl2OS2. The standard InChI is InChI=1S/C20H16Cl2OS2/c1-20(2)24-17(11-13-3-7-15(21)8-4-13)19(23)18(25-20)12-14-5-9-16(22)10-6-14/h3-12H,1-2H3/b17-11-,18-12+. The molecule has 0 atom stereocenters. The molecule has 0 aliphatic carbocycles. The Hall–Kier alpha value is -1.13. The van der Waals surface area contributed by atoms with Gasteiger partial charge in [-0.25, -0.2) is 0 Å². The smallest absolute Gasteiger partial charge is 0.205 e. The second-order valence-electron chi connectivity index (χ2n) is 6.05. The van der Waals surface area contributed by atoms with Crippen molar-refractivity contribution in [2.75, 3.05) is 0 Å². The van der Waals surface area contributed by atoms with Gasteiger partial charge in [-0.05, 0) is 61.4 Å². The highest BCUT2D eigenvalue weighted by atomic mass is 35.5. The molecule has 0 saturated carbocycles. The Morgan fingerprint density at radius 1 is 0.760 bits per heavy atom. The van der Waals surface area contributed by atoms with Gasteiger partial charge >= 0.3 is 0 Å². The van der Waals surface area contributed by atoms with Crippen molar-refractivity contribution in [3.05, 3.63) is 79.5 Å². The van der Waals surface area contributed by atoms with Crippen molar-refractivity contribution in [3.63, 3.8) is 0 Å². The second kappa shape index (κ2) is 7.63. The Balaban J connectivity index is 1.96. The summed E-state index contributed by atoms with van der Waals surface area (Å²) in [5, 5.41) is 1.37. The maximum atomic E-state index is 12.9. The van der Waals surface area contributed by atoms with Gasteiger partial charge in [0.2, 0.25) is 5.78 Å². The van der Waals surface area contributed by atoms with Crippen molar-refractivity contribution < 1.29 is 4.79 Å². The number of hydrogen-bond donors (Lipinski definition) is 0. The van der Waals surface area contributed by atoms with E-state index < -0.39 is 0 Å². The van der Waals surface area contributed by atoms with E-state index in [0.29, 0.717) is 10.0 Å². The topological polar surface area (TPSA) is 17.1 Å². The third-order valence-corrected chi connectivity index (χ3v) is 6.53. The van der Waals surface area contributed by atoms with Gasteiger partial charge < -0.3 is 0 Å². The number of Topliss-reactive ketones (excluding diaryl/α,β-unsaturated/α-hetero) is 1. The van der Waals surface area contributed by atoms with Crippen LogP contribution >= 0.6 is 46.7 Å².